The summed E-state index contributed by atoms with van der Waals surface area (Å²) in [5.74, 6) is 0.373. The predicted molar refractivity (Wildman–Crippen MR) is 92.9 cm³/mol. The number of benzene rings is 2. The van der Waals surface area contributed by atoms with Crippen molar-refractivity contribution >= 4 is 16.9 Å². The Morgan fingerprint density at radius 2 is 1.83 bits per heavy atom. The number of aromatic amines is 1. The molecular formula is C19H19NO4. The smallest absolute Gasteiger partial charge is 0.307 e. The summed E-state index contributed by atoms with van der Waals surface area (Å²) in [5, 5.41) is 10.2. The SMILES string of the molecule is COc1ccc(-c2[nH]c3ccc(C)cc3c2CC(=O)O)cc1OC. The Morgan fingerprint density at radius 3 is 2.50 bits per heavy atom. The van der Waals surface area contributed by atoms with Crippen molar-refractivity contribution in [2.75, 3.05) is 14.2 Å². The van der Waals surface area contributed by atoms with Crippen molar-refractivity contribution in [2.45, 2.75) is 13.3 Å². The van der Waals surface area contributed by atoms with E-state index < -0.39 is 5.97 Å². The lowest BCUT2D eigenvalue weighted by Gasteiger charge is -2.10. The molecule has 24 heavy (non-hydrogen) atoms. The van der Waals surface area contributed by atoms with Crippen LogP contribution in [0.4, 0.5) is 0 Å². The molecule has 0 saturated carbocycles. The Hall–Kier alpha value is -2.95. The van der Waals surface area contributed by atoms with E-state index in [0.717, 1.165) is 33.3 Å². The molecule has 0 amide bonds. The van der Waals surface area contributed by atoms with Gasteiger partial charge in [-0.15, -0.1) is 0 Å². The maximum absolute atomic E-state index is 11.3. The van der Waals surface area contributed by atoms with Crippen LogP contribution in [0.5, 0.6) is 11.5 Å². The summed E-state index contributed by atoms with van der Waals surface area (Å²) in [6.07, 6.45) is -0.0485. The van der Waals surface area contributed by atoms with Crippen molar-refractivity contribution < 1.29 is 19.4 Å². The maximum atomic E-state index is 11.3. The molecule has 5 nitrogen and oxygen atoms in total. The molecule has 0 saturated heterocycles. The van der Waals surface area contributed by atoms with Crippen molar-refractivity contribution in [3.8, 4) is 22.8 Å². The van der Waals surface area contributed by atoms with Gasteiger partial charge in [-0.1, -0.05) is 11.6 Å². The van der Waals surface area contributed by atoms with E-state index in [1.165, 1.54) is 0 Å². The second-order valence-electron chi connectivity index (χ2n) is 5.67. The second-order valence-corrected chi connectivity index (χ2v) is 5.67. The van der Waals surface area contributed by atoms with E-state index in [9.17, 15) is 9.90 Å². The van der Waals surface area contributed by atoms with Gasteiger partial charge in [0.25, 0.3) is 0 Å². The fraction of sp³-hybridized carbons (Fsp3) is 0.211. The molecule has 0 radical (unpaired) electrons. The first-order valence-electron chi connectivity index (χ1n) is 7.59. The van der Waals surface area contributed by atoms with E-state index in [1.807, 2.05) is 43.3 Å². The predicted octanol–water partition coefficient (Wildman–Crippen LogP) is 3.79. The minimum atomic E-state index is -0.862. The molecular weight excluding hydrogens is 306 g/mol. The highest BCUT2D eigenvalue weighted by Crippen LogP contribution is 2.36. The van der Waals surface area contributed by atoms with E-state index >= 15 is 0 Å². The highest BCUT2D eigenvalue weighted by Gasteiger charge is 2.17. The highest BCUT2D eigenvalue weighted by molar-refractivity contribution is 5.94. The number of aryl methyl sites for hydroxylation is 1. The van der Waals surface area contributed by atoms with Gasteiger partial charge in [0.05, 0.1) is 26.3 Å². The van der Waals surface area contributed by atoms with Gasteiger partial charge in [-0.05, 0) is 42.8 Å². The lowest BCUT2D eigenvalue weighted by Crippen LogP contribution is -2.01. The highest BCUT2D eigenvalue weighted by atomic mass is 16.5. The minimum Gasteiger partial charge on any atom is -0.493 e. The zero-order chi connectivity index (χ0) is 17.3. The quantitative estimate of drug-likeness (QED) is 0.749. The van der Waals surface area contributed by atoms with Crippen molar-refractivity contribution in [1.29, 1.82) is 0 Å². The molecule has 0 aliphatic heterocycles. The van der Waals surface area contributed by atoms with E-state index in [1.54, 1.807) is 14.2 Å². The van der Waals surface area contributed by atoms with Crippen molar-refractivity contribution in [1.82, 2.24) is 4.98 Å². The Labute approximate surface area is 139 Å². The first-order valence-corrected chi connectivity index (χ1v) is 7.59. The van der Waals surface area contributed by atoms with Gasteiger partial charge in [-0.3, -0.25) is 4.79 Å². The van der Waals surface area contributed by atoms with E-state index in [-0.39, 0.29) is 6.42 Å². The van der Waals surface area contributed by atoms with Gasteiger partial charge in [0.1, 0.15) is 0 Å². The zero-order valence-electron chi connectivity index (χ0n) is 13.8. The first-order chi connectivity index (χ1) is 11.5. The van der Waals surface area contributed by atoms with Crippen LogP contribution in [0.1, 0.15) is 11.1 Å². The molecule has 0 aliphatic carbocycles. The minimum absolute atomic E-state index is 0.0485. The van der Waals surface area contributed by atoms with Crippen LogP contribution < -0.4 is 9.47 Å². The second kappa shape index (κ2) is 6.28. The molecule has 1 heterocycles. The van der Waals surface area contributed by atoms with Crippen LogP contribution in [0, 0.1) is 6.92 Å². The fourth-order valence-electron chi connectivity index (χ4n) is 2.93. The van der Waals surface area contributed by atoms with Gasteiger partial charge in [0.2, 0.25) is 0 Å². The Balaban J connectivity index is 2.23. The fourth-order valence-corrected chi connectivity index (χ4v) is 2.93. The number of fused-ring (bicyclic) bond motifs is 1. The number of aromatic nitrogens is 1. The van der Waals surface area contributed by atoms with Crippen LogP contribution in [0.15, 0.2) is 36.4 Å². The monoisotopic (exact) mass is 325 g/mol. The number of ether oxygens (including phenoxy) is 2. The third-order valence-electron chi connectivity index (χ3n) is 4.06. The molecule has 3 rings (SSSR count). The number of hydrogen-bond donors (Lipinski definition) is 2. The molecule has 0 bridgehead atoms. The standard InChI is InChI=1S/C19H19NO4/c1-11-4-6-15-13(8-11)14(10-18(21)22)19(20-15)12-5-7-16(23-2)17(9-12)24-3/h4-9,20H,10H2,1-3H3,(H,21,22). The number of aliphatic carboxylic acids is 1. The molecule has 1 aromatic heterocycles. The van der Waals surface area contributed by atoms with E-state index in [2.05, 4.69) is 4.98 Å². The number of hydrogen-bond acceptors (Lipinski definition) is 3. The lowest BCUT2D eigenvalue weighted by molar-refractivity contribution is -0.136. The molecule has 0 aliphatic rings. The summed E-state index contributed by atoms with van der Waals surface area (Å²) in [7, 11) is 3.16. The molecule has 0 unspecified atom stereocenters. The van der Waals surface area contributed by atoms with Gasteiger partial charge in [-0.25, -0.2) is 0 Å². The van der Waals surface area contributed by atoms with Gasteiger partial charge in [-0.2, -0.15) is 0 Å². The van der Waals surface area contributed by atoms with Crippen LogP contribution >= 0.6 is 0 Å². The average molecular weight is 325 g/mol. The Kier molecular flexibility index (Phi) is 4.16. The number of rotatable bonds is 5. The van der Waals surface area contributed by atoms with Gasteiger partial charge >= 0.3 is 5.97 Å². The zero-order valence-corrected chi connectivity index (χ0v) is 13.8. The molecule has 0 atom stereocenters. The largest absolute Gasteiger partial charge is 0.493 e. The molecule has 3 aromatic rings. The lowest BCUT2D eigenvalue weighted by atomic mass is 10.0. The van der Waals surface area contributed by atoms with Crippen molar-refractivity contribution in [3.63, 3.8) is 0 Å². The van der Waals surface area contributed by atoms with Crippen LogP contribution in [-0.2, 0) is 11.2 Å². The number of nitrogens with one attached hydrogen (secondary N) is 1. The summed E-state index contributed by atoms with van der Waals surface area (Å²) >= 11 is 0. The van der Waals surface area contributed by atoms with Crippen molar-refractivity contribution in [2.24, 2.45) is 0 Å². The average Bonchev–Trinajstić information content (AvgIpc) is 2.91. The van der Waals surface area contributed by atoms with Gasteiger partial charge in [0, 0.05) is 16.5 Å². The topological polar surface area (TPSA) is 71.6 Å². The third-order valence-corrected chi connectivity index (χ3v) is 4.06. The van der Waals surface area contributed by atoms with Crippen LogP contribution in [0.2, 0.25) is 0 Å². The third kappa shape index (κ3) is 2.80. The summed E-state index contributed by atoms with van der Waals surface area (Å²) in [6.45, 7) is 1.99. The maximum Gasteiger partial charge on any atom is 0.307 e. The van der Waals surface area contributed by atoms with Crippen LogP contribution in [-0.4, -0.2) is 30.3 Å². The molecule has 5 heteroatoms. The molecule has 0 fully saturated rings. The summed E-state index contributed by atoms with van der Waals surface area (Å²) in [5.41, 5.74) is 4.43. The van der Waals surface area contributed by atoms with Crippen molar-refractivity contribution in [3.05, 3.63) is 47.5 Å². The summed E-state index contributed by atoms with van der Waals surface area (Å²) < 4.78 is 10.6. The normalized spacial score (nSPS) is 10.8. The molecule has 0 spiro atoms. The van der Waals surface area contributed by atoms with E-state index in [0.29, 0.717) is 11.5 Å². The molecule has 2 N–H and O–H groups in total. The number of carbonyl (C=O) groups is 1. The Morgan fingerprint density at radius 1 is 1.08 bits per heavy atom. The molecule has 2 aromatic carbocycles. The summed E-state index contributed by atoms with van der Waals surface area (Å²) in [4.78, 5) is 14.7. The molecule has 124 valence electrons. The number of carboxylic acid groups (broad SMARTS) is 1. The van der Waals surface area contributed by atoms with Gasteiger partial charge in [0.15, 0.2) is 11.5 Å². The van der Waals surface area contributed by atoms with Crippen LogP contribution in [0.25, 0.3) is 22.2 Å². The van der Waals surface area contributed by atoms with Gasteiger partial charge < -0.3 is 19.6 Å². The number of H-pyrrole nitrogens is 1. The van der Waals surface area contributed by atoms with Crippen LogP contribution in [0.3, 0.4) is 0 Å². The first kappa shape index (κ1) is 15.9. The number of methoxy groups -OCH3 is 2. The number of carboxylic acids is 1. The summed E-state index contributed by atoms with van der Waals surface area (Å²) in [6, 6.07) is 11.5. The van der Waals surface area contributed by atoms with E-state index in [4.69, 9.17) is 9.47 Å². The Bertz CT molecular complexity index is 911.